The van der Waals surface area contributed by atoms with Gasteiger partial charge in [0, 0.05) is 17.8 Å². The summed E-state index contributed by atoms with van der Waals surface area (Å²) in [5.41, 5.74) is 3.40. The summed E-state index contributed by atoms with van der Waals surface area (Å²) in [6, 6.07) is 13.4. The highest BCUT2D eigenvalue weighted by atomic mass is 35.5. The Morgan fingerprint density at radius 2 is 2.13 bits per heavy atom. The van der Waals surface area contributed by atoms with Gasteiger partial charge in [0.25, 0.3) is 5.91 Å². The van der Waals surface area contributed by atoms with Crippen molar-refractivity contribution in [2.24, 2.45) is 0 Å². The molecule has 2 aromatic heterocycles. The van der Waals surface area contributed by atoms with E-state index < -0.39 is 0 Å². The maximum Gasteiger partial charge on any atom is 0.253 e. The number of thiophene rings is 1. The Hall–Kier alpha value is -2.17. The van der Waals surface area contributed by atoms with Crippen LogP contribution in [0.15, 0.2) is 54.0 Å². The summed E-state index contributed by atoms with van der Waals surface area (Å²) in [5, 5.41) is 5.54. The van der Waals surface area contributed by atoms with Crippen LogP contribution in [-0.4, -0.2) is 10.9 Å². The van der Waals surface area contributed by atoms with E-state index in [2.05, 4.69) is 10.3 Å². The third-order valence-corrected chi connectivity index (χ3v) is 4.69. The third kappa shape index (κ3) is 3.78. The van der Waals surface area contributed by atoms with Crippen LogP contribution in [-0.2, 0) is 6.54 Å². The fourth-order valence-corrected chi connectivity index (χ4v) is 3.18. The van der Waals surface area contributed by atoms with Crippen molar-refractivity contribution in [2.45, 2.75) is 13.5 Å². The first-order valence-electron chi connectivity index (χ1n) is 7.16. The molecule has 1 aromatic carbocycles. The molecule has 0 saturated carbocycles. The number of nitrogens with zero attached hydrogens (tertiary/aromatic N) is 1. The number of carbonyl (C=O) groups is 1. The maximum absolute atomic E-state index is 12.2. The second-order valence-electron chi connectivity index (χ2n) is 5.19. The highest BCUT2D eigenvalue weighted by Crippen LogP contribution is 2.22. The Morgan fingerprint density at radius 3 is 2.78 bits per heavy atom. The summed E-state index contributed by atoms with van der Waals surface area (Å²) >= 11 is 7.80. The molecule has 5 heteroatoms. The predicted molar refractivity (Wildman–Crippen MR) is 94.9 cm³/mol. The average Bonchev–Trinajstić information content (AvgIpc) is 3.08. The molecule has 0 spiro atoms. The van der Waals surface area contributed by atoms with Gasteiger partial charge >= 0.3 is 0 Å². The lowest BCUT2D eigenvalue weighted by Crippen LogP contribution is -2.23. The first kappa shape index (κ1) is 15.7. The molecule has 1 amide bonds. The maximum atomic E-state index is 12.2. The van der Waals surface area contributed by atoms with Gasteiger partial charge in [0.05, 0.1) is 16.1 Å². The van der Waals surface area contributed by atoms with Gasteiger partial charge in [-0.25, -0.2) is 0 Å². The number of amides is 1. The molecule has 0 radical (unpaired) electrons. The minimum Gasteiger partial charge on any atom is -0.348 e. The number of rotatable bonds is 4. The lowest BCUT2D eigenvalue weighted by atomic mass is 10.1. The average molecular weight is 343 g/mol. The van der Waals surface area contributed by atoms with Crippen LogP contribution in [0.2, 0.25) is 5.02 Å². The zero-order valence-corrected chi connectivity index (χ0v) is 14.1. The van der Waals surface area contributed by atoms with Gasteiger partial charge in [-0.1, -0.05) is 29.8 Å². The van der Waals surface area contributed by atoms with Gasteiger partial charge in [-0.05, 0) is 47.7 Å². The van der Waals surface area contributed by atoms with E-state index in [0.717, 1.165) is 21.7 Å². The Labute approximate surface area is 144 Å². The lowest BCUT2D eigenvalue weighted by molar-refractivity contribution is 0.0950. The molecule has 3 rings (SSSR count). The van der Waals surface area contributed by atoms with E-state index in [4.69, 9.17) is 11.6 Å². The Morgan fingerprint density at radius 1 is 1.26 bits per heavy atom. The molecule has 2 heterocycles. The van der Waals surface area contributed by atoms with Crippen LogP contribution in [0, 0.1) is 6.92 Å². The van der Waals surface area contributed by atoms with E-state index in [1.54, 1.807) is 23.6 Å². The van der Waals surface area contributed by atoms with Gasteiger partial charge in [0.1, 0.15) is 0 Å². The largest absolute Gasteiger partial charge is 0.348 e. The Bertz CT molecular complexity index is 814. The van der Waals surface area contributed by atoms with Crippen molar-refractivity contribution in [2.75, 3.05) is 0 Å². The molecule has 0 aliphatic heterocycles. The minimum atomic E-state index is -0.160. The number of nitrogens with one attached hydrogen (secondary N) is 1. The summed E-state index contributed by atoms with van der Waals surface area (Å²) in [7, 11) is 0. The number of pyridine rings is 1. The zero-order chi connectivity index (χ0) is 16.2. The molecule has 3 nitrogen and oxygen atoms in total. The van der Waals surface area contributed by atoms with Crippen molar-refractivity contribution in [1.82, 2.24) is 10.3 Å². The number of aromatic nitrogens is 1. The van der Waals surface area contributed by atoms with Gasteiger partial charge < -0.3 is 5.32 Å². The smallest absolute Gasteiger partial charge is 0.253 e. The van der Waals surface area contributed by atoms with Gasteiger partial charge in [-0.2, -0.15) is 0 Å². The minimum absolute atomic E-state index is 0.160. The molecule has 116 valence electrons. The topological polar surface area (TPSA) is 42.0 Å². The number of benzene rings is 1. The number of carbonyl (C=O) groups excluding carboxylic acids is 1. The highest BCUT2D eigenvalue weighted by molar-refractivity contribution is 7.13. The molecule has 0 bridgehead atoms. The van der Waals surface area contributed by atoms with E-state index >= 15 is 0 Å². The summed E-state index contributed by atoms with van der Waals surface area (Å²) in [6.45, 7) is 2.37. The lowest BCUT2D eigenvalue weighted by Gasteiger charge is -2.08. The van der Waals surface area contributed by atoms with Gasteiger partial charge in [0.2, 0.25) is 0 Å². The summed E-state index contributed by atoms with van der Waals surface area (Å²) in [4.78, 5) is 17.6. The molecule has 0 unspecified atom stereocenters. The van der Waals surface area contributed by atoms with Crippen LogP contribution in [0.3, 0.4) is 0 Å². The van der Waals surface area contributed by atoms with E-state index in [1.807, 2.05) is 48.7 Å². The Balaban J connectivity index is 1.66. The van der Waals surface area contributed by atoms with E-state index in [-0.39, 0.29) is 5.91 Å². The van der Waals surface area contributed by atoms with Crippen LogP contribution >= 0.6 is 22.9 Å². The number of hydrogen-bond acceptors (Lipinski definition) is 3. The molecule has 1 N–H and O–H groups in total. The van der Waals surface area contributed by atoms with Gasteiger partial charge in [-0.3, -0.25) is 9.78 Å². The van der Waals surface area contributed by atoms with Crippen molar-refractivity contribution in [3.05, 3.63) is 75.8 Å². The standard InChI is InChI=1S/C18H15ClN2OS/c1-12-4-5-13(15(19)9-12)10-21-18(22)14-6-7-16(20-11-14)17-3-2-8-23-17/h2-9,11H,10H2,1H3,(H,21,22). The first-order valence-corrected chi connectivity index (χ1v) is 8.42. The second-order valence-corrected chi connectivity index (χ2v) is 6.54. The van der Waals surface area contributed by atoms with E-state index in [0.29, 0.717) is 17.1 Å². The molecular weight excluding hydrogens is 328 g/mol. The van der Waals surface area contributed by atoms with Crippen LogP contribution < -0.4 is 5.32 Å². The van der Waals surface area contributed by atoms with Crippen LogP contribution in [0.25, 0.3) is 10.6 Å². The van der Waals surface area contributed by atoms with Crippen molar-refractivity contribution < 1.29 is 4.79 Å². The zero-order valence-electron chi connectivity index (χ0n) is 12.5. The quantitative estimate of drug-likeness (QED) is 0.746. The van der Waals surface area contributed by atoms with E-state index in [1.165, 1.54) is 0 Å². The predicted octanol–water partition coefficient (Wildman–Crippen LogP) is 4.70. The summed E-state index contributed by atoms with van der Waals surface area (Å²) in [5.74, 6) is -0.160. The van der Waals surface area contributed by atoms with Crippen LogP contribution in [0.1, 0.15) is 21.5 Å². The summed E-state index contributed by atoms with van der Waals surface area (Å²) < 4.78 is 0. The van der Waals surface area contributed by atoms with Crippen molar-refractivity contribution in [3.63, 3.8) is 0 Å². The Kier molecular flexibility index (Phi) is 4.74. The second kappa shape index (κ2) is 6.94. The fourth-order valence-electron chi connectivity index (χ4n) is 2.17. The SMILES string of the molecule is Cc1ccc(CNC(=O)c2ccc(-c3cccs3)nc2)c(Cl)c1. The third-order valence-electron chi connectivity index (χ3n) is 3.45. The molecule has 23 heavy (non-hydrogen) atoms. The summed E-state index contributed by atoms with van der Waals surface area (Å²) in [6.07, 6.45) is 1.60. The monoisotopic (exact) mass is 342 g/mol. The van der Waals surface area contributed by atoms with Crippen molar-refractivity contribution in [1.29, 1.82) is 0 Å². The molecule has 0 atom stereocenters. The number of aryl methyl sites for hydroxylation is 1. The highest BCUT2D eigenvalue weighted by Gasteiger charge is 2.08. The molecule has 0 saturated heterocycles. The normalized spacial score (nSPS) is 10.5. The first-order chi connectivity index (χ1) is 11.1. The molecule has 0 fully saturated rings. The van der Waals surface area contributed by atoms with Gasteiger partial charge in [-0.15, -0.1) is 11.3 Å². The van der Waals surface area contributed by atoms with Crippen molar-refractivity contribution in [3.8, 4) is 10.6 Å². The van der Waals surface area contributed by atoms with Crippen molar-refractivity contribution >= 4 is 28.8 Å². The molecule has 0 aliphatic carbocycles. The van der Waals surface area contributed by atoms with Crippen LogP contribution in [0.5, 0.6) is 0 Å². The van der Waals surface area contributed by atoms with Crippen LogP contribution in [0.4, 0.5) is 0 Å². The molecule has 3 aromatic rings. The molecular formula is C18H15ClN2OS. The number of hydrogen-bond donors (Lipinski definition) is 1. The molecule has 0 aliphatic rings. The number of halogens is 1. The van der Waals surface area contributed by atoms with Gasteiger partial charge in [0.15, 0.2) is 0 Å². The fraction of sp³-hybridized carbons (Fsp3) is 0.111. The van der Waals surface area contributed by atoms with E-state index in [9.17, 15) is 4.79 Å².